The van der Waals surface area contributed by atoms with Crippen LogP contribution in [0.1, 0.15) is 6.92 Å². The first-order valence-corrected chi connectivity index (χ1v) is 3.98. The highest BCUT2D eigenvalue weighted by Gasteiger charge is 2.27. The Labute approximate surface area is 76.1 Å². The minimum atomic E-state index is -0.339. The molecule has 0 aliphatic carbocycles. The van der Waals surface area contributed by atoms with Crippen molar-refractivity contribution in [1.29, 1.82) is 0 Å². The van der Waals surface area contributed by atoms with Gasteiger partial charge in [-0.1, -0.05) is 0 Å². The third-order valence-electron chi connectivity index (χ3n) is 1.49. The van der Waals surface area contributed by atoms with E-state index in [1.165, 1.54) is 0 Å². The molecule has 2 rings (SSSR count). The molecule has 0 saturated carbocycles. The highest BCUT2D eigenvalue weighted by molar-refractivity contribution is 9.18. The van der Waals surface area contributed by atoms with Gasteiger partial charge in [-0.3, -0.25) is 4.79 Å². The van der Waals surface area contributed by atoms with Gasteiger partial charge >= 0.3 is 0 Å². The molecule has 2 aliphatic rings. The molecule has 0 N–H and O–H groups in total. The van der Waals surface area contributed by atoms with Crippen molar-refractivity contribution in [3.63, 3.8) is 0 Å². The Bertz CT molecular complexity index is 390. The van der Waals surface area contributed by atoms with Crippen LogP contribution in [0.4, 0.5) is 0 Å². The Morgan fingerprint density at radius 3 is 2.75 bits per heavy atom. The summed E-state index contributed by atoms with van der Waals surface area (Å²) in [6, 6.07) is 0. The maximum atomic E-state index is 11.2. The van der Waals surface area contributed by atoms with Gasteiger partial charge in [-0.05, 0) is 22.9 Å². The highest BCUT2D eigenvalue weighted by Crippen LogP contribution is 2.22. The van der Waals surface area contributed by atoms with Gasteiger partial charge in [0.15, 0.2) is 5.84 Å². The molecule has 0 aromatic rings. The van der Waals surface area contributed by atoms with E-state index in [0.717, 1.165) is 0 Å². The minimum absolute atomic E-state index is 0.250. The van der Waals surface area contributed by atoms with Gasteiger partial charge in [-0.2, -0.15) is 15.1 Å². The van der Waals surface area contributed by atoms with Gasteiger partial charge < -0.3 is 0 Å². The topological polar surface area (TPSA) is 66.5 Å². The molecule has 0 aromatic carbocycles. The molecule has 2 heterocycles. The second-order valence-corrected chi connectivity index (χ2v) is 2.99. The standard InChI is InChI=1S/C6H3BrN4O/c1-2-3-4(11-10-2)8-6(7)9-5(3)12/h1H3. The average molecular weight is 227 g/mol. The monoisotopic (exact) mass is 226 g/mol. The molecule has 0 atom stereocenters. The predicted molar refractivity (Wildman–Crippen MR) is 46.4 cm³/mol. The molecular weight excluding hydrogens is 224 g/mol. The first kappa shape index (κ1) is 7.48. The smallest absolute Gasteiger partial charge is 0.266 e. The lowest BCUT2D eigenvalue weighted by Crippen LogP contribution is -2.14. The van der Waals surface area contributed by atoms with Gasteiger partial charge in [0.25, 0.3) is 5.91 Å². The Morgan fingerprint density at radius 1 is 1.25 bits per heavy atom. The van der Waals surface area contributed by atoms with Crippen LogP contribution in [0.3, 0.4) is 0 Å². The normalized spacial score (nSPS) is 21.0. The number of amides is 1. The highest BCUT2D eigenvalue weighted by atomic mass is 79.9. The van der Waals surface area contributed by atoms with Crippen LogP contribution in [0.5, 0.6) is 0 Å². The Morgan fingerprint density at radius 2 is 2.00 bits per heavy atom. The number of amidine groups is 2. The Hall–Kier alpha value is -1.17. The molecule has 6 heteroatoms. The van der Waals surface area contributed by atoms with E-state index in [1.807, 2.05) is 0 Å². The fraction of sp³-hybridized carbons (Fsp3) is 0.167. The number of fused-ring (bicyclic) bond motifs is 1. The summed E-state index contributed by atoms with van der Waals surface area (Å²) in [6.07, 6.45) is 0. The Balaban J connectivity index is 2.59. The molecule has 0 fully saturated rings. The molecule has 0 saturated heterocycles. The van der Waals surface area contributed by atoms with E-state index in [9.17, 15) is 4.79 Å². The van der Waals surface area contributed by atoms with Gasteiger partial charge in [0.1, 0.15) is 5.57 Å². The molecular formula is C6H3BrN4O. The fourth-order valence-corrected chi connectivity index (χ4v) is 1.29. The molecule has 0 unspecified atom stereocenters. The quantitative estimate of drug-likeness (QED) is 0.577. The number of allylic oxidation sites excluding steroid dienone is 1. The van der Waals surface area contributed by atoms with Crippen molar-refractivity contribution in [3.8, 4) is 0 Å². The predicted octanol–water partition coefficient (Wildman–Crippen LogP) is 1.42. The summed E-state index contributed by atoms with van der Waals surface area (Å²) in [7, 11) is 0. The van der Waals surface area contributed by atoms with Gasteiger partial charge in [-0.25, -0.2) is 0 Å². The molecule has 0 spiro atoms. The largest absolute Gasteiger partial charge is 0.285 e. The SMILES string of the molecule is CC1=C2C(=O)N=C(Br)N=C2N=N1. The number of nitrogens with zero attached hydrogens (tertiary/aromatic N) is 4. The van der Waals surface area contributed by atoms with Crippen LogP contribution in [0.25, 0.3) is 0 Å². The molecule has 5 nitrogen and oxygen atoms in total. The summed E-state index contributed by atoms with van der Waals surface area (Å²) in [4.78, 5) is 18.7. The first-order chi connectivity index (χ1) is 5.68. The molecule has 0 bridgehead atoms. The number of hydrogen-bond acceptors (Lipinski definition) is 4. The Kier molecular flexibility index (Phi) is 1.50. The number of hydrogen-bond donors (Lipinski definition) is 0. The van der Waals surface area contributed by atoms with E-state index in [0.29, 0.717) is 17.1 Å². The van der Waals surface area contributed by atoms with Gasteiger partial charge in [0, 0.05) is 0 Å². The van der Waals surface area contributed by atoms with E-state index < -0.39 is 0 Å². The molecule has 60 valence electrons. The summed E-state index contributed by atoms with van der Waals surface area (Å²) < 4.78 is 0.250. The zero-order chi connectivity index (χ0) is 8.72. The van der Waals surface area contributed by atoms with E-state index in [2.05, 4.69) is 36.1 Å². The number of azo groups is 1. The lowest BCUT2D eigenvalue weighted by Gasteiger charge is -2.02. The third kappa shape index (κ3) is 0.953. The van der Waals surface area contributed by atoms with Crippen LogP contribution >= 0.6 is 15.9 Å². The van der Waals surface area contributed by atoms with E-state index >= 15 is 0 Å². The van der Waals surface area contributed by atoms with Crippen molar-refractivity contribution >= 4 is 32.4 Å². The van der Waals surface area contributed by atoms with Crippen molar-refractivity contribution in [3.05, 3.63) is 11.3 Å². The number of rotatable bonds is 0. The van der Waals surface area contributed by atoms with Crippen molar-refractivity contribution in [2.24, 2.45) is 20.2 Å². The fourth-order valence-electron chi connectivity index (χ4n) is 0.965. The third-order valence-corrected chi connectivity index (χ3v) is 1.84. The van der Waals surface area contributed by atoms with E-state index in [-0.39, 0.29) is 10.7 Å². The van der Waals surface area contributed by atoms with Crippen molar-refractivity contribution in [2.75, 3.05) is 0 Å². The molecule has 2 aliphatic heterocycles. The maximum absolute atomic E-state index is 11.2. The van der Waals surface area contributed by atoms with Crippen LogP contribution < -0.4 is 0 Å². The average Bonchev–Trinajstić information content (AvgIpc) is 2.31. The number of halogens is 1. The van der Waals surface area contributed by atoms with Crippen LogP contribution in [0.15, 0.2) is 31.5 Å². The van der Waals surface area contributed by atoms with Crippen LogP contribution in [0.2, 0.25) is 0 Å². The van der Waals surface area contributed by atoms with Crippen molar-refractivity contribution in [2.45, 2.75) is 6.92 Å². The number of carbonyl (C=O) groups excluding carboxylic acids is 1. The maximum Gasteiger partial charge on any atom is 0.285 e. The van der Waals surface area contributed by atoms with Crippen molar-refractivity contribution < 1.29 is 4.79 Å². The van der Waals surface area contributed by atoms with Crippen LogP contribution in [-0.2, 0) is 4.79 Å². The zero-order valence-electron chi connectivity index (χ0n) is 6.08. The summed E-state index contributed by atoms with van der Waals surface area (Å²) in [6.45, 7) is 1.70. The summed E-state index contributed by atoms with van der Waals surface area (Å²) >= 11 is 3.00. The van der Waals surface area contributed by atoms with Crippen LogP contribution in [-0.4, -0.2) is 16.5 Å². The van der Waals surface area contributed by atoms with E-state index in [1.54, 1.807) is 6.92 Å². The lowest BCUT2D eigenvalue weighted by atomic mass is 10.2. The number of carbonyl (C=O) groups is 1. The summed E-state index contributed by atoms with van der Waals surface area (Å²) in [5, 5.41) is 7.43. The van der Waals surface area contributed by atoms with Gasteiger partial charge in [0.2, 0.25) is 4.74 Å². The van der Waals surface area contributed by atoms with Gasteiger partial charge in [0.05, 0.1) is 5.70 Å². The van der Waals surface area contributed by atoms with Gasteiger partial charge in [-0.15, -0.1) is 5.11 Å². The second kappa shape index (κ2) is 2.41. The zero-order valence-corrected chi connectivity index (χ0v) is 7.66. The molecule has 1 amide bonds. The minimum Gasteiger partial charge on any atom is -0.266 e. The molecule has 12 heavy (non-hydrogen) atoms. The molecule has 0 aromatic heterocycles. The summed E-state index contributed by atoms with van der Waals surface area (Å²) in [5.74, 6) is 0.00810. The lowest BCUT2D eigenvalue weighted by molar-refractivity contribution is -0.113. The van der Waals surface area contributed by atoms with Crippen molar-refractivity contribution in [1.82, 2.24) is 0 Å². The molecule has 0 radical (unpaired) electrons. The van der Waals surface area contributed by atoms with Crippen LogP contribution in [0, 0.1) is 0 Å². The second-order valence-electron chi connectivity index (χ2n) is 2.28. The number of aliphatic imine (C=N–C) groups is 2. The summed E-state index contributed by atoms with van der Waals surface area (Å²) in [5.41, 5.74) is 0.973. The first-order valence-electron chi connectivity index (χ1n) is 3.18. The van der Waals surface area contributed by atoms with E-state index in [4.69, 9.17) is 0 Å².